The third-order valence-corrected chi connectivity index (χ3v) is 4.56. The molecule has 0 aromatic heterocycles. The average Bonchev–Trinajstić information content (AvgIpc) is 2.61. The Kier molecular flexibility index (Phi) is 6.82. The van der Waals surface area contributed by atoms with Gasteiger partial charge in [0.1, 0.15) is 0 Å². The fourth-order valence-electron chi connectivity index (χ4n) is 2.19. The van der Waals surface area contributed by atoms with Gasteiger partial charge in [-0.15, -0.1) is 11.8 Å². The van der Waals surface area contributed by atoms with Crippen molar-refractivity contribution < 1.29 is 14.5 Å². The summed E-state index contributed by atoms with van der Waals surface area (Å²) in [6.07, 6.45) is 0. The summed E-state index contributed by atoms with van der Waals surface area (Å²) >= 11 is 1.41. The number of carbonyl (C=O) groups excluding carboxylic acids is 1. The summed E-state index contributed by atoms with van der Waals surface area (Å²) in [7, 11) is 1.40. The summed E-state index contributed by atoms with van der Waals surface area (Å²) in [5.41, 5.74) is 2.95. The van der Waals surface area contributed by atoms with E-state index in [0.29, 0.717) is 18.1 Å². The summed E-state index contributed by atoms with van der Waals surface area (Å²) in [4.78, 5) is 22.4. The fraction of sp³-hybridized carbons (Fsp3) is 0.278. The molecule has 1 amide bonds. The van der Waals surface area contributed by atoms with Gasteiger partial charge in [-0.2, -0.15) is 0 Å². The van der Waals surface area contributed by atoms with Crippen molar-refractivity contribution >= 4 is 23.4 Å². The molecule has 0 spiro atoms. The van der Waals surface area contributed by atoms with Gasteiger partial charge in [0, 0.05) is 18.4 Å². The van der Waals surface area contributed by atoms with E-state index in [1.165, 1.54) is 30.5 Å². The second kappa shape index (κ2) is 9.08. The molecule has 0 aliphatic rings. The van der Waals surface area contributed by atoms with Crippen LogP contribution in [0.3, 0.4) is 0 Å². The molecule has 25 heavy (non-hydrogen) atoms. The van der Waals surface area contributed by atoms with Crippen molar-refractivity contribution in [2.24, 2.45) is 0 Å². The van der Waals surface area contributed by atoms with E-state index in [4.69, 9.17) is 4.74 Å². The lowest BCUT2D eigenvalue weighted by molar-refractivity contribution is -0.385. The van der Waals surface area contributed by atoms with E-state index in [1.54, 1.807) is 12.1 Å². The Morgan fingerprint density at radius 1 is 1.20 bits per heavy atom. The number of nitro groups is 1. The first kappa shape index (κ1) is 18.8. The molecule has 0 atom stereocenters. The number of nitrogens with one attached hydrogen (secondary N) is 1. The molecule has 2 rings (SSSR count). The highest BCUT2D eigenvalue weighted by atomic mass is 32.2. The number of methoxy groups -OCH3 is 1. The molecule has 0 aliphatic heterocycles. The van der Waals surface area contributed by atoms with Gasteiger partial charge in [0.2, 0.25) is 5.91 Å². The van der Waals surface area contributed by atoms with E-state index in [2.05, 4.69) is 5.32 Å². The number of hydrogen-bond donors (Lipinski definition) is 1. The number of nitro benzene ring substituents is 1. The molecule has 0 radical (unpaired) electrons. The van der Waals surface area contributed by atoms with Gasteiger partial charge in [-0.25, -0.2) is 0 Å². The molecule has 6 nitrogen and oxygen atoms in total. The standard InChI is InChI=1S/C18H20N2O4S/c1-13-3-5-14(6-4-13)10-19-18(21)12-25-11-15-7-8-17(24-2)16(9-15)20(22)23/h3-9H,10-12H2,1-2H3,(H,19,21). The Hall–Kier alpha value is -2.54. The highest BCUT2D eigenvalue weighted by molar-refractivity contribution is 7.99. The topological polar surface area (TPSA) is 81.5 Å². The molecule has 0 saturated heterocycles. The quantitative estimate of drug-likeness (QED) is 0.576. The molecule has 2 aromatic carbocycles. The van der Waals surface area contributed by atoms with Gasteiger partial charge in [0.25, 0.3) is 0 Å². The number of amides is 1. The maximum atomic E-state index is 11.9. The molecular formula is C18H20N2O4S. The van der Waals surface area contributed by atoms with Crippen molar-refractivity contribution in [1.82, 2.24) is 5.32 Å². The van der Waals surface area contributed by atoms with E-state index < -0.39 is 4.92 Å². The molecule has 0 fully saturated rings. The second-order valence-electron chi connectivity index (χ2n) is 5.52. The average molecular weight is 360 g/mol. The Morgan fingerprint density at radius 2 is 1.88 bits per heavy atom. The zero-order valence-corrected chi connectivity index (χ0v) is 15.0. The van der Waals surface area contributed by atoms with Crippen molar-refractivity contribution in [2.45, 2.75) is 19.2 Å². The lowest BCUT2D eigenvalue weighted by Crippen LogP contribution is -2.24. The van der Waals surface area contributed by atoms with Crippen LogP contribution >= 0.6 is 11.8 Å². The molecule has 0 aliphatic carbocycles. The normalized spacial score (nSPS) is 10.3. The summed E-state index contributed by atoms with van der Waals surface area (Å²) in [6, 6.07) is 12.8. The number of hydrogen-bond acceptors (Lipinski definition) is 5. The van der Waals surface area contributed by atoms with Gasteiger partial charge in [-0.1, -0.05) is 35.9 Å². The number of thioether (sulfide) groups is 1. The smallest absolute Gasteiger partial charge is 0.311 e. The van der Waals surface area contributed by atoms with Crippen LogP contribution in [0.1, 0.15) is 16.7 Å². The van der Waals surface area contributed by atoms with Crippen LogP contribution in [0.25, 0.3) is 0 Å². The minimum Gasteiger partial charge on any atom is -0.490 e. The van der Waals surface area contributed by atoms with Crippen LogP contribution in [0.15, 0.2) is 42.5 Å². The lowest BCUT2D eigenvalue weighted by Gasteiger charge is -2.07. The van der Waals surface area contributed by atoms with E-state index >= 15 is 0 Å². The zero-order chi connectivity index (χ0) is 18.2. The van der Waals surface area contributed by atoms with Crippen LogP contribution in [-0.2, 0) is 17.1 Å². The Bertz CT molecular complexity index is 747. The second-order valence-corrected chi connectivity index (χ2v) is 6.50. The van der Waals surface area contributed by atoms with Crippen LogP contribution < -0.4 is 10.1 Å². The van der Waals surface area contributed by atoms with Crippen LogP contribution in [0.5, 0.6) is 5.75 Å². The Labute approximate surface area is 150 Å². The van der Waals surface area contributed by atoms with Gasteiger partial charge in [0.05, 0.1) is 17.8 Å². The molecule has 7 heteroatoms. The lowest BCUT2D eigenvalue weighted by atomic mass is 10.1. The van der Waals surface area contributed by atoms with Gasteiger partial charge < -0.3 is 10.1 Å². The van der Waals surface area contributed by atoms with E-state index in [0.717, 1.165) is 11.1 Å². The van der Waals surface area contributed by atoms with E-state index in [1.807, 2.05) is 31.2 Å². The molecule has 0 unspecified atom stereocenters. The largest absolute Gasteiger partial charge is 0.490 e. The maximum Gasteiger partial charge on any atom is 0.311 e. The molecule has 0 saturated carbocycles. The third-order valence-electron chi connectivity index (χ3n) is 3.55. The summed E-state index contributed by atoms with van der Waals surface area (Å²) in [5.74, 6) is 0.984. The van der Waals surface area contributed by atoms with Crippen LogP contribution in [0.4, 0.5) is 5.69 Å². The van der Waals surface area contributed by atoms with Crippen molar-refractivity contribution in [3.8, 4) is 5.75 Å². The maximum absolute atomic E-state index is 11.9. The highest BCUT2D eigenvalue weighted by Crippen LogP contribution is 2.28. The first-order valence-corrected chi connectivity index (χ1v) is 8.86. The number of ether oxygens (including phenoxy) is 1. The minimum atomic E-state index is -0.471. The molecule has 2 aromatic rings. The molecule has 0 bridgehead atoms. The Balaban J connectivity index is 1.80. The number of benzene rings is 2. The number of rotatable bonds is 8. The summed E-state index contributed by atoms with van der Waals surface area (Å²) in [5, 5.41) is 13.9. The van der Waals surface area contributed by atoms with Crippen molar-refractivity contribution in [3.05, 3.63) is 69.3 Å². The predicted molar refractivity (Wildman–Crippen MR) is 98.8 cm³/mol. The van der Waals surface area contributed by atoms with Gasteiger partial charge in [-0.05, 0) is 24.1 Å². The van der Waals surface area contributed by atoms with Crippen molar-refractivity contribution in [2.75, 3.05) is 12.9 Å². The first-order chi connectivity index (χ1) is 12.0. The third kappa shape index (κ3) is 5.79. The molecule has 0 heterocycles. The molecule has 1 N–H and O–H groups in total. The number of nitrogens with zero attached hydrogens (tertiary/aromatic N) is 1. The van der Waals surface area contributed by atoms with Gasteiger partial charge >= 0.3 is 5.69 Å². The van der Waals surface area contributed by atoms with Gasteiger partial charge in [0.15, 0.2) is 5.75 Å². The fourth-order valence-corrected chi connectivity index (χ4v) is 2.99. The minimum absolute atomic E-state index is 0.0615. The van der Waals surface area contributed by atoms with Gasteiger partial charge in [-0.3, -0.25) is 14.9 Å². The van der Waals surface area contributed by atoms with E-state index in [9.17, 15) is 14.9 Å². The highest BCUT2D eigenvalue weighted by Gasteiger charge is 2.15. The van der Waals surface area contributed by atoms with E-state index in [-0.39, 0.29) is 17.3 Å². The SMILES string of the molecule is COc1ccc(CSCC(=O)NCc2ccc(C)cc2)cc1[N+](=O)[O-]. The molecular weight excluding hydrogens is 340 g/mol. The van der Waals surface area contributed by atoms with Crippen LogP contribution in [0.2, 0.25) is 0 Å². The first-order valence-electron chi connectivity index (χ1n) is 7.71. The monoisotopic (exact) mass is 360 g/mol. The predicted octanol–water partition coefficient (Wildman–Crippen LogP) is 3.46. The number of carbonyl (C=O) groups is 1. The van der Waals surface area contributed by atoms with Crippen LogP contribution in [-0.4, -0.2) is 23.7 Å². The van der Waals surface area contributed by atoms with Crippen molar-refractivity contribution in [3.63, 3.8) is 0 Å². The summed E-state index contributed by atoms with van der Waals surface area (Å²) < 4.78 is 4.97. The zero-order valence-electron chi connectivity index (χ0n) is 14.2. The summed E-state index contributed by atoms with van der Waals surface area (Å²) in [6.45, 7) is 2.51. The van der Waals surface area contributed by atoms with Crippen LogP contribution in [0, 0.1) is 17.0 Å². The van der Waals surface area contributed by atoms with Crippen molar-refractivity contribution in [1.29, 1.82) is 0 Å². The molecule has 132 valence electrons. The Morgan fingerprint density at radius 3 is 2.52 bits per heavy atom. The number of aryl methyl sites for hydroxylation is 1.